The van der Waals surface area contributed by atoms with Crippen molar-refractivity contribution in [2.75, 3.05) is 21.7 Å². The number of primary amides is 2. The molecule has 14 nitrogen and oxygen atoms in total. The van der Waals surface area contributed by atoms with Crippen molar-refractivity contribution in [2.45, 2.75) is 104 Å². The lowest BCUT2D eigenvalue weighted by Gasteiger charge is -2.31. The number of nitrogen functional groups attached to an aromatic ring is 1. The molecule has 2 aliphatic rings. The molecule has 0 saturated heterocycles. The van der Waals surface area contributed by atoms with Gasteiger partial charge < -0.3 is 32.6 Å². The minimum absolute atomic E-state index is 0. The highest BCUT2D eigenvalue weighted by Crippen LogP contribution is 2.33. The van der Waals surface area contributed by atoms with Crippen LogP contribution in [0, 0.1) is 11.8 Å². The maximum absolute atomic E-state index is 12.1. The molecule has 2 aliphatic carbocycles. The highest BCUT2D eigenvalue weighted by atomic mass is 35.5. The molecule has 50 heavy (non-hydrogen) atoms. The molecule has 3 amide bonds. The van der Waals surface area contributed by atoms with Crippen LogP contribution in [0.3, 0.4) is 0 Å². The fourth-order valence-electron chi connectivity index (χ4n) is 6.75. The summed E-state index contributed by atoms with van der Waals surface area (Å²) in [4.78, 5) is 35.8. The highest BCUT2D eigenvalue weighted by Gasteiger charge is 2.26. The number of carbonyl (C=O) groups excluding carboxylic acids is 3. The van der Waals surface area contributed by atoms with Gasteiger partial charge in [0.2, 0.25) is 0 Å². The molecule has 4 aromatic heterocycles. The van der Waals surface area contributed by atoms with E-state index in [2.05, 4.69) is 40.0 Å². The normalized spacial score (nSPS) is 20.6. The van der Waals surface area contributed by atoms with Crippen LogP contribution >= 0.6 is 12.4 Å². The Morgan fingerprint density at radius 1 is 0.760 bits per heavy atom. The first kappa shape index (κ1) is 38.1. The Kier molecular flexibility index (Phi) is 12.1. The van der Waals surface area contributed by atoms with Crippen LogP contribution < -0.4 is 33.2 Å². The number of aromatic nitrogens is 4. The Balaban J connectivity index is 0.000000229. The van der Waals surface area contributed by atoms with E-state index >= 15 is 0 Å². The predicted octanol–water partition coefficient (Wildman–Crippen LogP) is 6.20. The third kappa shape index (κ3) is 8.70. The zero-order valence-electron chi connectivity index (χ0n) is 29.5. The average Bonchev–Trinajstić information content (AvgIpc) is 3.62. The summed E-state index contributed by atoms with van der Waals surface area (Å²) in [6.45, 7) is 9.85. The Morgan fingerprint density at radius 3 is 1.70 bits per heavy atom. The molecule has 4 atom stereocenters. The van der Waals surface area contributed by atoms with Gasteiger partial charge in [0.05, 0.1) is 45.9 Å². The van der Waals surface area contributed by atoms with E-state index < -0.39 is 23.5 Å². The lowest BCUT2D eigenvalue weighted by atomic mass is 9.85. The van der Waals surface area contributed by atoms with E-state index in [1.807, 2.05) is 12.1 Å². The molecule has 9 N–H and O–H groups in total. The number of hydrogen-bond donors (Lipinski definition) is 6. The minimum Gasteiger partial charge on any atom is -0.444 e. The van der Waals surface area contributed by atoms with Gasteiger partial charge >= 0.3 is 6.09 Å². The fourth-order valence-corrected chi connectivity index (χ4v) is 6.75. The summed E-state index contributed by atoms with van der Waals surface area (Å²) in [6, 6.07) is 7.79. The monoisotopic (exact) mass is 710 g/mol. The fraction of sp³-hybridized carbons (Fsp3) is 0.514. The number of hydrogen-bond acceptors (Lipinski definition) is 9. The van der Waals surface area contributed by atoms with E-state index in [1.54, 1.807) is 41.9 Å². The second kappa shape index (κ2) is 15.9. The van der Waals surface area contributed by atoms with Crippen LogP contribution in [0.2, 0.25) is 0 Å². The van der Waals surface area contributed by atoms with Crippen molar-refractivity contribution in [1.82, 2.24) is 19.2 Å². The maximum Gasteiger partial charge on any atom is 0.413 e. The summed E-state index contributed by atoms with van der Waals surface area (Å²) in [5.41, 5.74) is 20.0. The zero-order chi connectivity index (χ0) is 35.5. The van der Waals surface area contributed by atoms with Crippen LogP contribution in [0.5, 0.6) is 0 Å². The number of rotatable bonds is 7. The number of anilines is 4. The van der Waals surface area contributed by atoms with Gasteiger partial charge in [-0.05, 0) is 82.6 Å². The summed E-state index contributed by atoms with van der Waals surface area (Å²) in [6.07, 6.45) is 11.7. The third-order valence-corrected chi connectivity index (χ3v) is 9.44. The predicted molar refractivity (Wildman–Crippen MR) is 199 cm³/mol. The van der Waals surface area contributed by atoms with E-state index in [0.717, 1.165) is 36.9 Å². The Labute approximate surface area is 298 Å². The molecule has 2 saturated carbocycles. The number of ether oxygens (including phenoxy) is 1. The van der Waals surface area contributed by atoms with E-state index in [4.69, 9.17) is 21.9 Å². The Bertz CT molecular complexity index is 1830. The van der Waals surface area contributed by atoms with Gasteiger partial charge in [0.1, 0.15) is 17.2 Å². The van der Waals surface area contributed by atoms with Gasteiger partial charge in [-0.3, -0.25) is 14.9 Å². The quantitative estimate of drug-likeness (QED) is 0.129. The van der Waals surface area contributed by atoms with E-state index in [1.165, 1.54) is 38.1 Å². The van der Waals surface area contributed by atoms with E-state index in [0.29, 0.717) is 51.8 Å². The van der Waals surface area contributed by atoms with Gasteiger partial charge in [-0.1, -0.05) is 39.5 Å². The van der Waals surface area contributed by atoms with E-state index in [9.17, 15) is 14.4 Å². The van der Waals surface area contributed by atoms with Crippen molar-refractivity contribution in [3.63, 3.8) is 0 Å². The number of carbonyl (C=O) groups is 3. The topological polar surface area (TPSA) is 209 Å². The van der Waals surface area contributed by atoms with E-state index in [-0.39, 0.29) is 18.4 Å². The number of nitrogens with one attached hydrogen (secondary N) is 3. The summed E-state index contributed by atoms with van der Waals surface area (Å²) < 4.78 is 8.51. The molecule has 2 fully saturated rings. The van der Waals surface area contributed by atoms with Gasteiger partial charge in [0.15, 0.2) is 0 Å². The van der Waals surface area contributed by atoms with Crippen molar-refractivity contribution in [3.8, 4) is 0 Å². The first-order chi connectivity index (χ1) is 23.2. The first-order valence-electron chi connectivity index (χ1n) is 17.1. The molecule has 15 heteroatoms. The average molecular weight is 711 g/mol. The summed E-state index contributed by atoms with van der Waals surface area (Å²) in [5.74, 6) is 1.05. The number of amides is 3. The summed E-state index contributed by atoms with van der Waals surface area (Å²) >= 11 is 0. The molecule has 0 spiro atoms. The summed E-state index contributed by atoms with van der Waals surface area (Å²) in [5, 5.41) is 18.2. The molecule has 0 bridgehead atoms. The molecule has 272 valence electrons. The Hall–Kier alpha value is -4.72. The molecule has 6 rings (SSSR count). The lowest BCUT2D eigenvalue weighted by molar-refractivity contribution is 0.0634. The number of nitrogens with two attached hydrogens (primary N) is 3. The van der Waals surface area contributed by atoms with Crippen LogP contribution in [0.4, 0.5) is 27.8 Å². The third-order valence-electron chi connectivity index (χ3n) is 9.44. The molecule has 0 radical (unpaired) electrons. The van der Waals surface area contributed by atoms with Gasteiger partial charge in [-0.25, -0.2) is 13.8 Å². The highest BCUT2D eigenvalue weighted by molar-refractivity contribution is 6.03. The van der Waals surface area contributed by atoms with Crippen LogP contribution in [-0.4, -0.2) is 54.8 Å². The molecule has 4 unspecified atom stereocenters. The molecular weight excluding hydrogens is 660 g/mol. The van der Waals surface area contributed by atoms with Gasteiger partial charge in [0.25, 0.3) is 11.8 Å². The second-order valence-corrected chi connectivity index (χ2v) is 14.3. The molecule has 0 aromatic carbocycles. The number of halogens is 1. The van der Waals surface area contributed by atoms with Gasteiger partial charge in [-0.15, -0.1) is 12.4 Å². The van der Waals surface area contributed by atoms with Crippen molar-refractivity contribution in [1.29, 1.82) is 0 Å². The van der Waals surface area contributed by atoms with Crippen LogP contribution in [0.15, 0.2) is 36.7 Å². The molecular formula is C35H51ClN10O4. The smallest absolute Gasteiger partial charge is 0.413 e. The van der Waals surface area contributed by atoms with Crippen LogP contribution in [0.1, 0.15) is 107 Å². The second-order valence-electron chi connectivity index (χ2n) is 14.3. The molecule has 4 aromatic rings. The summed E-state index contributed by atoms with van der Waals surface area (Å²) in [7, 11) is 0. The maximum atomic E-state index is 12.1. The van der Waals surface area contributed by atoms with Crippen molar-refractivity contribution in [3.05, 3.63) is 47.8 Å². The molecule has 0 aliphatic heterocycles. The zero-order valence-corrected chi connectivity index (χ0v) is 30.3. The standard InChI is InChI=1S/C20H29N5O3.C15H21N5O.ClH/c1-12-7-5-6-8-14(12)23-17-13(18(21)26)11-22-25-15(17)9-10-16(25)24-19(27)28-20(2,3)4;1-9-4-2-3-5-11(9)19-14-10(15(17)21)8-18-20-12(14)6-7-13(20)16;/h9-12,14,23H,5-8H2,1-4H3,(H2,21,26)(H,24,27);6-9,11,19H,2-5,16H2,1H3,(H2,17,21);1H. The number of fused-ring (bicyclic) bond motifs is 2. The van der Waals surface area contributed by atoms with Gasteiger partial charge in [0, 0.05) is 12.1 Å². The lowest BCUT2D eigenvalue weighted by Crippen LogP contribution is -2.32. The van der Waals surface area contributed by atoms with Crippen molar-refractivity contribution < 1.29 is 19.1 Å². The molecule has 4 heterocycles. The Morgan fingerprint density at radius 2 is 1.22 bits per heavy atom. The van der Waals surface area contributed by atoms with Crippen molar-refractivity contribution >= 4 is 64.4 Å². The number of nitrogens with zero attached hydrogens (tertiary/aromatic N) is 4. The largest absolute Gasteiger partial charge is 0.444 e. The first-order valence-corrected chi connectivity index (χ1v) is 17.1. The van der Waals surface area contributed by atoms with Crippen molar-refractivity contribution in [2.24, 2.45) is 23.3 Å². The van der Waals surface area contributed by atoms with Crippen LogP contribution in [-0.2, 0) is 4.74 Å². The van der Waals surface area contributed by atoms with Gasteiger partial charge in [-0.2, -0.15) is 10.2 Å². The SMILES string of the molecule is CC1CCCCC1Nc1c(C(N)=O)cnn2c(N)ccc12.CC1CCCCC1Nc1c(C(N)=O)cnn2c(NC(=O)OC(C)(C)C)ccc12.Cl. The van der Waals surface area contributed by atoms with Crippen LogP contribution in [0.25, 0.3) is 11.0 Å². The minimum atomic E-state index is -0.604.